The van der Waals surface area contributed by atoms with Crippen molar-refractivity contribution in [1.82, 2.24) is 10.2 Å². The minimum absolute atomic E-state index is 0.867. The van der Waals surface area contributed by atoms with E-state index >= 15 is 0 Å². The van der Waals surface area contributed by atoms with Gasteiger partial charge in [-0.2, -0.15) is 11.8 Å². The first-order chi connectivity index (χ1) is 6.95. The molecule has 80 valence electrons. The zero-order valence-corrected chi connectivity index (χ0v) is 9.56. The molecule has 3 fully saturated rings. The van der Waals surface area contributed by atoms with Crippen molar-refractivity contribution in [2.45, 2.75) is 43.8 Å². The van der Waals surface area contributed by atoms with Gasteiger partial charge in [-0.05, 0) is 38.0 Å². The Balaban J connectivity index is 1.67. The van der Waals surface area contributed by atoms with E-state index in [0.29, 0.717) is 0 Å². The molecule has 3 rings (SSSR count). The fraction of sp³-hybridized carbons (Fsp3) is 1.00. The third kappa shape index (κ3) is 1.82. The Morgan fingerprint density at radius 2 is 1.93 bits per heavy atom. The minimum Gasteiger partial charge on any atom is -0.315 e. The van der Waals surface area contributed by atoms with Crippen LogP contribution in [0.2, 0.25) is 0 Å². The Kier molecular flexibility index (Phi) is 2.73. The van der Waals surface area contributed by atoms with Crippen molar-refractivity contribution in [3.8, 4) is 0 Å². The largest absolute Gasteiger partial charge is 0.315 e. The molecule has 1 N–H and O–H groups in total. The summed E-state index contributed by atoms with van der Waals surface area (Å²) >= 11 is 2.15. The van der Waals surface area contributed by atoms with Crippen LogP contribution in [0.15, 0.2) is 0 Å². The quantitative estimate of drug-likeness (QED) is 0.759. The van der Waals surface area contributed by atoms with E-state index in [-0.39, 0.29) is 0 Å². The molecule has 0 radical (unpaired) electrons. The van der Waals surface area contributed by atoms with Crippen molar-refractivity contribution in [2.75, 3.05) is 24.6 Å². The Bertz CT molecular complexity index is 177. The molecular formula is C11H20N2S. The number of nitrogens with zero attached hydrogens (tertiary/aromatic N) is 1. The van der Waals surface area contributed by atoms with E-state index in [9.17, 15) is 0 Å². The predicted octanol–water partition coefficient (Wildman–Crippen LogP) is 1.32. The predicted molar refractivity (Wildman–Crippen MR) is 61.9 cm³/mol. The molecule has 0 amide bonds. The molecule has 3 heteroatoms. The van der Waals surface area contributed by atoms with E-state index in [0.717, 1.165) is 18.1 Å². The van der Waals surface area contributed by atoms with E-state index in [1.54, 1.807) is 0 Å². The second-order valence-electron chi connectivity index (χ2n) is 4.84. The Morgan fingerprint density at radius 1 is 1.00 bits per heavy atom. The summed E-state index contributed by atoms with van der Waals surface area (Å²) in [5.74, 6) is 2.79. The van der Waals surface area contributed by atoms with Crippen LogP contribution >= 0.6 is 11.8 Å². The van der Waals surface area contributed by atoms with E-state index in [4.69, 9.17) is 0 Å². The maximum Gasteiger partial charge on any atom is 0.0238 e. The normalized spacial score (nSPS) is 38.4. The van der Waals surface area contributed by atoms with Gasteiger partial charge < -0.3 is 5.32 Å². The van der Waals surface area contributed by atoms with Crippen LogP contribution in [0, 0.1) is 0 Å². The summed E-state index contributed by atoms with van der Waals surface area (Å²) in [6.45, 7) is 2.49. The lowest BCUT2D eigenvalue weighted by Crippen LogP contribution is -2.45. The van der Waals surface area contributed by atoms with Gasteiger partial charge >= 0.3 is 0 Å². The molecule has 0 aromatic heterocycles. The van der Waals surface area contributed by atoms with Crippen molar-refractivity contribution in [3.63, 3.8) is 0 Å². The minimum atomic E-state index is 0.867. The van der Waals surface area contributed by atoms with E-state index in [1.165, 1.54) is 50.3 Å². The number of hydrogen-bond acceptors (Lipinski definition) is 3. The maximum atomic E-state index is 3.51. The Labute approximate surface area is 90.8 Å². The van der Waals surface area contributed by atoms with Gasteiger partial charge in [0, 0.05) is 30.4 Å². The number of rotatable bonds is 3. The highest BCUT2D eigenvalue weighted by molar-refractivity contribution is 7.99. The average molecular weight is 212 g/mol. The number of hydrogen-bond donors (Lipinski definition) is 1. The first-order valence-electron chi connectivity index (χ1n) is 6.01. The van der Waals surface area contributed by atoms with Gasteiger partial charge in [-0.15, -0.1) is 0 Å². The number of thioether (sulfide) groups is 1. The van der Waals surface area contributed by atoms with Crippen LogP contribution < -0.4 is 5.32 Å². The second kappa shape index (κ2) is 4.03. The molecule has 0 aromatic rings. The SMILES string of the molecule is C1CC(N(C2CC2)C2CCSC2)CN1. The van der Waals surface area contributed by atoms with Crippen molar-refractivity contribution in [3.05, 3.63) is 0 Å². The van der Waals surface area contributed by atoms with Crippen LogP contribution in [0.1, 0.15) is 25.7 Å². The fourth-order valence-corrected chi connectivity index (χ4v) is 4.13. The summed E-state index contributed by atoms with van der Waals surface area (Å²) in [5.41, 5.74) is 0. The molecule has 1 aliphatic carbocycles. The lowest BCUT2D eigenvalue weighted by molar-refractivity contribution is 0.146. The third-order valence-electron chi connectivity index (χ3n) is 3.75. The van der Waals surface area contributed by atoms with Crippen molar-refractivity contribution < 1.29 is 0 Å². The monoisotopic (exact) mass is 212 g/mol. The van der Waals surface area contributed by atoms with Gasteiger partial charge in [0.25, 0.3) is 0 Å². The van der Waals surface area contributed by atoms with Gasteiger partial charge in [-0.1, -0.05) is 0 Å². The van der Waals surface area contributed by atoms with Gasteiger partial charge in [-0.3, -0.25) is 4.90 Å². The van der Waals surface area contributed by atoms with E-state index in [2.05, 4.69) is 22.0 Å². The van der Waals surface area contributed by atoms with Crippen LogP contribution in [0.4, 0.5) is 0 Å². The van der Waals surface area contributed by atoms with Crippen molar-refractivity contribution in [2.24, 2.45) is 0 Å². The van der Waals surface area contributed by atoms with Crippen LogP contribution in [-0.4, -0.2) is 47.6 Å². The highest BCUT2D eigenvalue weighted by atomic mass is 32.2. The first kappa shape index (κ1) is 9.49. The van der Waals surface area contributed by atoms with Gasteiger partial charge in [0.2, 0.25) is 0 Å². The maximum absolute atomic E-state index is 3.51. The van der Waals surface area contributed by atoms with Gasteiger partial charge in [0.05, 0.1) is 0 Å². The molecule has 2 nitrogen and oxygen atoms in total. The summed E-state index contributed by atoms with van der Waals surface area (Å²) in [4.78, 5) is 2.88. The molecule has 2 atom stereocenters. The second-order valence-corrected chi connectivity index (χ2v) is 5.99. The summed E-state index contributed by atoms with van der Waals surface area (Å²) in [6, 6.07) is 2.74. The molecule has 2 unspecified atom stereocenters. The zero-order chi connectivity index (χ0) is 9.38. The zero-order valence-electron chi connectivity index (χ0n) is 8.74. The summed E-state index contributed by atoms with van der Waals surface area (Å²) in [7, 11) is 0. The smallest absolute Gasteiger partial charge is 0.0238 e. The van der Waals surface area contributed by atoms with Gasteiger partial charge in [0.15, 0.2) is 0 Å². The Hall–Kier alpha value is 0.270. The Morgan fingerprint density at radius 3 is 2.50 bits per heavy atom. The van der Waals surface area contributed by atoms with Gasteiger partial charge in [-0.25, -0.2) is 0 Å². The van der Waals surface area contributed by atoms with Gasteiger partial charge in [0.1, 0.15) is 0 Å². The lowest BCUT2D eigenvalue weighted by atomic mass is 10.1. The molecule has 0 spiro atoms. The van der Waals surface area contributed by atoms with Crippen LogP contribution in [0.3, 0.4) is 0 Å². The van der Waals surface area contributed by atoms with Crippen molar-refractivity contribution >= 4 is 11.8 Å². The van der Waals surface area contributed by atoms with Crippen LogP contribution in [-0.2, 0) is 0 Å². The van der Waals surface area contributed by atoms with Crippen LogP contribution in [0.25, 0.3) is 0 Å². The van der Waals surface area contributed by atoms with E-state index in [1.807, 2.05) is 0 Å². The molecule has 2 heterocycles. The summed E-state index contributed by atoms with van der Waals surface area (Å²) in [6.07, 6.45) is 5.77. The molecule has 0 bridgehead atoms. The fourth-order valence-electron chi connectivity index (χ4n) is 2.92. The highest BCUT2D eigenvalue weighted by Crippen LogP contribution is 2.36. The molecule has 3 aliphatic rings. The van der Waals surface area contributed by atoms with Crippen LogP contribution in [0.5, 0.6) is 0 Å². The number of nitrogens with one attached hydrogen (secondary N) is 1. The summed E-state index contributed by atoms with van der Waals surface area (Å²) < 4.78 is 0. The lowest BCUT2D eigenvalue weighted by Gasteiger charge is -2.33. The standard InChI is InChI=1S/C11H20N2S/c1-2-9(1)13(10-3-5-12-7-10)11-4-6-14-8-11/h9-12H,1-8H2. The summed E-state index contributed by atoms with van der Waals surface area (Å²) in [5, 5.41) is 3.51. The van der Waals surface area contributed by atoms with E-state index < -0.39 is 0 Å². The molecular weight excluding hydrogens is 192 g/mol. The molecule has 2 saturated heterocycles. The highest BCUT2D eigenvalue weighted by Gasteiger charge is 2.40. The molecule has 2 aliphatic heterocycles. The van der Waals surface area contributed by atoms with Crippen molar-refractivity contribution in [1.29, 1.82) is 0 Å². The molecule has 14 heavy (non-hydrogen) atoms. The first-order valence-corrected chi connectivity index (χ1v) is 7.16. The molecule has 0 aromatic carbocycles. The topological polar surface area (TPSA) is 15.3 Å². The molecule has 1 saturated carbocycles. The average Bonchev–Trinajstić information content (AvgIpc) is 2.72. The third-order valence-corrected chi connectivity index (χ3v) is 4.90.